The Kier molecular flexibility index (Phi) is 10.6. The standard InChI is InChI=1S/C21H18FN3O3.C20H17FN4O3/c1-13-25-21(7-8-27-20(21)12-28-13)16-9-14(3-5-17(16)22)10-19(26)18-6-4-15(23-2)11-24-18;1-23-13-3-5-16(24-10-13)17(26)9-12-2-4-15(21)14(8-12)20-6-7-27-18(20)11-28-19(22)25-20/h3-6,9,11,20H,7-8,10,12H2,1H3;2-5,8,10,18H,6-7,9,11H2,(H2,22,25)/t20-,21+;18-,20+/m00/s1. The smallest absolute Gasteiger partial charge is 0.283 e. The van der Waals surface area contributed by atoms with Gasteiger partial charge in [0.2, 0.25) is 11.4 Å². The molecule has 4 aliphatic rings. The number of pyridine rings is 2. The SMILES string of the molecule is [C-]#[N+]c1ccc(C(=O)Cc2ccc(F)c([C@]34CCO[C@H]3COC(C)=N4)c2)nc1.[C-]#[N+]c1ccc(C(=O)Cc2ccc(F)c([C@]34CCO[C@H]3COC(N)=N4)c2)nc1. The Morgan fingerprint density at radius 3 is 1.70 bits per heavy atom. The number of halogens is 2. The molecule has 13 nitrogen and oxygen atoms in total. The number of hydrogen-bond donors (Lipinski definition) is 1. The molecule has 6 heterocycles. The molecular weight excluding hydrogens is 724 g/mol. The Balaban J connectivity index is 0.000000172. The molecule has 56 heavy (non-hydrogen) atoms. The number of benzene rings is 2. The predicted molar refractivity (Wildman–Crippen MR) is 199 cm³/mol. The van der Waals surface area contributed by atoms with E-state index >= 15 is 0 Å². The summed E-state index contributed by atoms with van der Waals surface area (Å²) >= 11 is 0. The molecule has 0 spiro atoms. The highest BCUT2D eigenvalue weighted by Crippen LogP contribution is 2.45. The molecule has 2 aromatic heterocycles. The molecule has 4 aliphatic heterocycles. The molecule has 0 amide bonds. The van der Waals surface area contributed by atoms with Gasteiger partial charge in [-0.05, 0) is 47.5 Å². The average Bonchev–Trinajstić information content (AvgIpc) is 3.84. The lowest BCUT2D eigenvalue weighted by molar-refractivity contribution is 0.0208. The van der Waals surface area contributed by atoms with E-state index in [-0.39, 0.29) is 60.3 Å². The van der Waals surface area contributed by atoms with Crippen LogP contribution in [0.2, 0.25) is 0 Å². The summed E-state index contributed by atoms with van der Waals surface area (Å²) in [6, 6.07) is 15.4. The lowest BCUT2D eigenvalue weighted by Gasteiger charge is -2.35. The molecule has 15 heteroatoms. The van der Waals surface area contributed by atoms with Gasteiger partial charge in [0.15, 0.2) is 17.5 Å². The van der Waals surface area contributed by atoms with Crippen LogP contribution in [0, 0.1) is 24.8 Å². The largest absolute Gasteiger partial charge is 0.478 e. The number of fused-ring (bicyclic) bond motifs is 2. The fourth-order valence-corrected chi connectivity index (χ4v) is 7.39. The van der Waals surface area contributed by atoms with Gasteiger partial charge < -0.3 is 24.7 Å². The first kappa shape index (κ1) is 37.9. The highest BCUT2D eigenvalue weighted by Gasteiger charge is 2.51. The number of Topliss-reactive ketones (excluding diaryl/α,β-unsaturated/α-hetero) is 2. The molecule has 284 valence electrons. The van der Waals surface area contributed by atoms with Crippen LogP contribution in [0.4, 0.5) is 20.2 Å². The first-order chi connectivity index (χ1) is 27.0. The Hall–Kier alpha value is -6.42. The summed E-state index contributed by atoms with van der Waals surface area (Å²) in [6.45, 7) is 17.1. The van der Waals surface area contributed by atoms with E-state index in [1.807, 2.05) is 0 Å². The van der Waals surface area contributed by atoms with Gasteiger partial charge in [-0.1, -0.05) is 24.3 Å². The minimum Gasteiger partial charge on any atom is -0.478 e. The van der Waals surface area contributed by atoms with Crippen molar-refractivity contribution in [2.75, 3.05) is 26.4 Å². The maximum Gasteiger partial charge on any atom is 0.283 e. The van der Waals surface area contributed by atoms with Gasteiger partial charge in [0.25, 0.3) is 6.02 Å². The molecule has 4 atom stereocenters. The van der Waals surface area contributed by atoms with Crippen LogP contribution in [0.1, 0.15) is 63.0 Å². The highest BCUT2D eigenvalue weighted by atomic mass is 19.1. The first-order valence-corrected chi connectivity index (χ1v) is 17.8. The average molecular weight is 760 g/mol. The van der Waals surface area contributed by atoms with Crippen LogP contribution < -0.4 is 5.73 Å². The van der Waals surface area contributed by atoms with Crippen molar-refractivity contribution >= 4 is 34.9 Å². The summed E-state index contributed by atoms with van der Waals surface area (Å²) in [5.41, 5.74) is 7.35. The number of rotatable bonds is 8. The zero-order valence-corrected chi connectivity index (χ0v) is 30.2. The van der Waals surface area contributed by atoms with E-state index < -0.39 is 23.0 Å². The van der Waals surface area contributed by atoms with E-state index in [9.17, 15) is 18.4 Å². The lowest BCUT2D eigenvalue weighted by atomic mass is 9.82. The molecule has 2 N–H and O–H groups in total. The molecule has 0 saturated carbocycles. The normalized spacial score (nSPS) is 23.3. The van der Waals surface area contributed by atoms with E-state index in [0.29, 0.717) is 72.2 Å². The lowest BCUT2D eigenvalue weighted by Crippen LogP contribution is -2.45. The number of aromatic nitrogens is 2. The number of nitrogens with two attached hydrogens (primary N) is 1. The Morgan fingerprint density at radius 2 is 1.23 bits per heavy atom. The van der Waals surface area contributed by atoms with Crippen molar-refractivity contribution in [2.45, 2.75) is 55.9 Å². The minimum absolute atomic E-state index is 0.00623. The van der Waals surface area contributed by atoms with Gasteiger partial charge in [0.05, 0.1) is 26.4 Å². The molecule has 0 aliphatic carbocycles. The third-order valence-corrected chi connectivity index (χ3v) is 10.2. The second kappa shape index (κ2) is 15.7. The van der Waals surface area contributed by atoms with Crippen molar-refractivity contribution in [3.63, 3.8) is 0 Å². The fourth-order valence-electron chi connectivity index (χ4n) is 7.39. The summed E-state index contributed by atoms with van der Waals surface area (Å²) in [7, 11) is 0. The van der Waals surface area contributed by atoms with E-state index in [2.05, 4.69) is 29.6 Å². The van der Waals surface area contributed by atoms with Gasteiger partial charge >= 0.3 is 0 Å². The summed E-state index contributed by atoms with van der Waals surface area (Å²) in [4.78, 5) is 48.7. The Morgan fingerprint density at radius 1 is 0.750 bits per heavy atom. The fraction of sp³-hybridized carbons (Fsp3) is 0.317. The summed E-state index contributed by atoms with van der Waals surface area (Å²) in [5, 5.41) is 0. The van der Waals surface area contributed by atoms with Gasteiger partial charge in [0.1, 0.15) is 59.5 Å². The van der Waals surface area contributed by atoms with Crippen LogP contribution in [0.15, 0.2) is 83.0 Å². The molecule has 0 unspecified atom stereocenters. The minimum atomic E-state index is -0.943. The quantitative estimate of drug-likeness (QED) is 0.164. The van der Waals surface area contributed by atoms with E-state index in [4.69, 9.17) is 37.8 Å². The van der Waals surface area contributed by atoms with Crippen molar-refractivity contribution in [3.05, 3.63) is 141 Å². The number of amidine groups is 1. The number of ether oxygens (including phenoxy) is 4. The number of carbonyl (C=O) groups is 2. The van der Waals surface area contributed by atoms with Crippen molar-refractivity contribution in [1.29, 1.82) is 0 Å². The highest BCUT2D eigenvalue weighted by molar-refractivity contribution is 5.96. The number of nitrogens with zero attached hydrogens (tertiary/aromatic N) is 6. The van der Waals surface area contributed by atoms with Crippen LogP contribution in [-0.4, -0.2) is 72.1 Å². The first-order valence-electron chi connectivity index (χ1n) is 17.8. The molecular formula is C41H35F2N7O6. The monoisotopic (exact) mass is 759 g/mol. The van der Waals surface area contributed by atoms with Gasteiger partial charge in [-0.15, -0.1) is 0 Å². The second-order valence-electron chi connectivity index (χ2n) is 13.6. The summed E-state index contributed by atoms with van der Waals surface area (Å²) < 4.78 is 51.6. The summed E-state index contributed by atoms with van der Waals surface area (Å²) in [6.07, 6.45) is 3.13. The van der Waals surface area contributed by atoms with Crippen molar-refractivity contribution in [3.8, 4) is 0 Å². The van der Waals surface area contributed by atoms with E-state index in [0.717, 1.165) is 0 Å². The number of carbonyl (C=O) groups excluding carboxylic acids is 2. The Bertz CT molecular complexity index is 2160. The van der Waals surface area contributed by atoms with Gasteiger partial charge in [-0.25, -0.2) is 28.5 Å². The van der Waals surface area contributed by atoms with Crippen LogP contribution >= 0.6 is 0 Å². The number of aliphatic imine (C=N–C) groups is 2. The molecule has 4 aromatic rings. The molecule has 2 aromatic carbocycles. The molecule has 0 bridgehead atoms. The van der Waals surface area contributed by atoms with E-state index in [1.54, 1.807) is 43.3 Å². The third-order valence-electron chi connectivity index (χ3n) is 10.2. The van der Waals surface area contributed by atoms with Crippen LogP contribution in [0.3, 0.4) is 0 Å². The topological polar surface area (TPSA) is 156 Å². The molecule has 2 saturated heterocycles. The van der Waals surface area contributed by atoms with Crippen molar-refractivity contribution in [1.82, 2.24) is 9.97 Å². The van der Waals surface area contributed by atoms with Crippen LogP contribution in [0.25, 0.3) is 9.69 Å². The molecule has 8 rings (SSSR count). The van der Waals surface area contributed by atoms with Gasteiger partial charge in [-0.3, -0.25) is 19.6 Å². The third kappa shape index (κ3) is 7.47. The van der Waals surface area contributed by atoms with Gasteiger partial charge in [0, 0.05) is 56.1 Å². The number of ketones is 2. The van der Waals surface area contributed by atoms with Crippen LogP contribution in [-0.2, 0) is 42.9 Å². The predicted octanol–water partition coefficient (Wildman–Crippen LogP) is 6.16. The van der Waals surface area contributed by atoms with Crippen LogP contribution in [0.5, 0.6) is 0 Å². The second-order valence-corrected chi connectivity index (χ2v) is 13.6. The van der Waals surface area contributed by atoms with Crippen molar-refractivity contribution in [2.24, 2.45) is 15.7 Å². The zero-order valence-electron chi connectivity index (χ0n) is 30.2. The maximum absolute atomic E-state index is 14.8. The summed E-state index contributed by atoms with van der Waals surface area (Å²) in [5.74, 6) is -0.709. The van der Waals surface area contributed by atoms with Crippen molar-refractivity contribution < 1.29 is 37.3 Å². The van der Waals surface area contributed by atoms with E-state index in [1.165, 1.54) is 36.7 Å². The maximum atomic E-state index is 14.8. The molecule has 0 radical (unpaired) electrons. The van der Waals surface area contributed by atoms with Gasteiger partial charge in [-0.2, -0.15) is 0 Å². The Labute approximate surface area is 320 Å². The zero-order chi connectivity index (χ0) is 39.5. The number of hydrogen-bond acceptors (Lipinski definition) is 11. The molecule has 2 fully saturated rings.